The van der Waals surface area contributed by atoms with Gasteiger partial charge in [0.1, 0.15) is 5.76 Å². The summed E-state index contributed by atoms with van der Waals surface area (Å²) in [5.41, 5.74) is 0. The maximum atomic E-state index is 12.1. The molecule has 1 amide bonds. The van der Waals surface area contributed by atoms with Gasteiger partial charge in [0.05, 0.1) is 12.8 Å². The molecule has 1 heterocycles. The van der Waals surface area contributed by atoms with Gasteiger partial charge in [0.2, 0.25) is 5.91 Å². The highest BCUT2D eigenvalue weighted by atomic mass is 16.3. The Hall–Kier alpha value is -1.25. The van der Waals surface area contributed by atoms with E-state index in [0.717, 1.165) is 29.4 Å². The minimum absolute atomic E-state index is 0.257. The molecule has 3 heteroatoms. The molecule has 1 N–H and O–H groups in total. The molecule has 4 atom stereocenters. The number of nitrogens with one attached hydrogen (secondary N) is 1. The summed E-state index contributed by atoms with van der Waals surface area (Å²) in [7, 11) is 0. The Morgan fingerprint density at radius 2 is 2.12 bits per heavy atom. The van der Waals surface area contributed by atoms with E-state index in [-0.39, 0.29) is 5.91 Å². The molecule has 4 rings (SSSR count). The van der Waals surface area contributed by atoms with Gasteiger partial charge >= 0.3 is 0 Å². The zero-order valence-corrected chi connectivity index (χ0v) is 9.76. The third-order valence-electron chi connectivity index (χ3n) is 5.06. The van der Waals surface area contributed by atoms with E-state index in [4.69, 9.17) is 4.42 Å². The summed E-state index contributed by atoms with van der Waals surface area (Å²) in [4.78, 5) is 12.1. The molecule has 17 heavy (non-hydrogen) atoms. The maximum Gasteiger partial charge on any atom is 0.224 e. The molecule has 4 unspecified atom stereocenters. The minimum atomic E-state index is 0.257. The van der Waals surface area contributed by atoms with Gasteiger partial charge in [-0.25, -0.2) is 0 Å². The van der Waals surface area contributed by atoms with Crippen LogP contribution in [0.4, 0.5) is 0 Å². The summed E-state index contributed by atoms with van der Waals surface area (Å²) in [6.07, 6.45) is 5.78. The lowest BCUT2D eigenvalue weighted by Crippen LogP contribution is -2.26. The van der Waals surface area contributed by atoms with Crippen molar-refractivity contribution in [3.05, 3.63) is 24.2 Å². The number of carbonyl (C=O) groups excluding carboxylic acids is 1. The van der Waals surface area contributed by atoms with Crippen molar-refractivity contribution in [3.8, 4) is 0 Å². The van der Waals surface area contributed by atoms with E-state index in [1.807, 2.05) is 12.1 Å². The summed E-state index contributed by atoms with van der Waals surface area (Å²) in [5.74, 6) is 4.61. The lowest BCUT2D eigenvalue weighted by molar-refractivity contribution is -0.123. The van der Waals surface area contributed by atoms with Gasteiger partial charge in [-0.2, -0.15) is 0 Å². The van der Waals surface area contributed by atoms with E-state index in [1.54, 1.807) is 6.26 Å². The predicted molar refractivity (Wildman–Crippen MR) is 61.9 cm³/mol. The minimum Gasteiger partial charge on any atom is -0.467 e. The molecule has 3 fully saturated rings. The van der Waals surface area contributed by atoms with Crippen molar-refractivity contribution in [1.29, 1.82) is 0 Å². The average Bonchev–Trinajstić information content (AvgIpc) is 2.80. The second kappa shape index (κ2) is 3.37. The lowest BCUT2D eigenvalue weighted by atomic mass is 10.0. The van der Waals surface area contributed by atoms with Crippen LogP contribution in [0.25, 0.3) is 0 Å². The average molecular weight is 231 g/mol. The van der Waals surface area contributed by atoms with E-state index in [1.165, 1.54) is 19.3 Å². The number of hydrogen-bond acceptors (Lipinski definition) is 2. The van der Waals surface area contributed by atoms with Crippen LogP contribution in [-0.4, -0.2) is 5.91 Å². The topological polar surface area (TPSA) is 42.2 Å². The smallest absolute Gasteiger partial charge is 0.224 e. The zero-order valence-electron chi connectivity index (χ0n) is 9.76. The third kappa shape index (κ3) is 1.38. The Balaban J connectivity index is 1.37. The molecular formula is C14H17NO2. The molecule has 1 aromatic heterocycles. The monoisotopic (exact) mass is 231 g/mol. The molecule has 0 aliphatic heterocycles. The maximum absolute atomic E-state index is 12.1. The fourth-order valence-corrected chi connectivity index (χ4v) is 4.38. The van der Waals surface area contributed by atoms with Crippen molar-refractivity contribution >= 4 is 5.91 Å². The molecule has 3 aliphatic rings. The first-order valence-electron chi connectivity index (χ1n) is 6.64. The SMILES string of the molecule is O=C(NCc1ccco1)C1C2C3CCC(C3)C12. The van der Waals surface area contributed by atoms with Crippen LogP contribution in [0.1, 0.15) is 25.0 Å². The number of fused-ring (bicyclic) bond motifs is 5. The van der Waals surface area contributed by atoms with Gasteiger partial charge in [0.15, 0.2) is 0 Å². The quantitative estimate of drug-likeness (QED) is 0.866. The Bertz CT molecular complexity index is 423. The normalized spacial score (nSPS) is 41.3. The first kappa shape index (κ1) is 9.75. The Morgan fingerprint density at radius 1 is 1.35 bits per heavy atom. The van der Waals surface area contributed by atoms with Crippen molar-refractivity contribution in [2.24, 2.45) is 29.6 Å². The molecule has 0 radical (unpaired) electrons. The largest absolute Gasteiger partial charge is 0.467 e. The number of furan rings is 1. The highest BCUT2D eigenvalue weighted by Gasteiger charge is 2.67. The first-order chi connectivity index (χ1) is 8.34. The number of carbonyl (C=O) groups is 1. The third-order valence-corrected chi connectivity index (χ3v) is 5.06. The standard InChI is InChI=1S/C14H17NO2/c16-14(15-7-10-2-1-5-17-10)13-11-8-3-4-9(6-8)12(11)13/h1-2,5,8-9,11-13H,3-4,6-7H2,(H,15,16). The molecule has 3 aliphatic carbocycles. The fourth-order valence-electron chi connectivity index (χ4n) is 4.38. The van der Waals surface area contributed by atoms with Crippen molar-refractivity contribution in [1.82, 2.24) is 5.32 Å². The molecule has 0 spiro atoms. The van der Waals surface area contributed by atoms with Gasteiger partial charge in [-0.3, -0.25) is 4.79 Å². The lowest BCUT2D eigenvalue weighted by Gasteiger charge is -2.08. The summed E-state index contributed by atoms with van der Waals surface area (Å²) >= 11 is 0. The van der Waals surface area contributed by atoms with Gasteiger partial charge in [0, 0.05) is 5.92 Å². The zero-order chi connectivity index (χ0) is 11.4. The summed E-state index contributed by atoms with van der Waals surface area (Å²) in [5, 5.41) is 3.01. The fraction of sp³-hybridized carbons (Fsp3) is 0.643. The second-order valence-corrected chi connectivity index (χ2v) is 5.81. The second-order valence-electron chi connectivity index (χ2n) is 5.81. The van der Waals surface area contributed by atoms with Crippen molar-refractivity contribution in [2.75, 3.05) is 0 Å². The van der Waals surface area contributed by atoms with Crippen LogP contribution in [-0.2, 0) is 11.3 Å². The Kier molecular flexibility index (Phi) is 1.93. The Labute approximate surface area is 101 Å². The molecular weight excluding hydrogens is 214 g/mol. The van der Waals surface area contributed by atoms with Crippen LogP contribution in [0.3, 0.4) is 0 Å². The summed E-state index contributed by atoms with van der Waals surface area (Å²) in [6, 6.07) is 3.76. The van der Waals surface area contributed by atoms with E-state index < -0.39 is 0 Å². The van der Waals surface area contributed by atoms with Gasteiger partial charge in [-0.15, -0.1) is 0 Å². The first-order valence-corrected chi connectivity index (χ1v) is 6.64. The van der Waals surface area contributed by atoms with E-state index in [0.29, 0.717) is 12.5 Å². The van der Waals surface area contributed by atoms with Crippen molar-refractivity contribution in [2.45, 2.75) is 25.8 Å². The number of rotatable bonds is 3. The van der Waals surface area contributed by atoms with Gasteiger partial charge in [-0.1, -0.05) is 0 Å². The van der Waals surface area contributed by atoms with Gasteiger partial charge < -0.3 is 9.73 Å². The van der Waals surface area contributed by atoms with E-state index in [2.05, 4.69) is 5.32 Å². The van der Waals surface area contributed by atoms with Crippen LogP contribution in [0.15, 0.2) is 22.8 Å². The summed E-state index contributed by atoms with van der Waals surface area (Å²) < 4.78 is 5.22. The van der Waals surface area contributed by atoms with Crippen LogP contribution in [0.2, 0.25) is 0 Å². The highest BCUT2D eigenvalue weighted by Crippen LogP contribution is 2.69. The van der Waals surface area contributed by atoms with Crippen molar-refractivity contribution < 1.29 is 9.21 Å². The van der Waals surface area contributed by atoms with E-state index in [9.17, 15) is 4.79 Å². The van der Waals surface area contributed by atoms with Gasteiger partial charge in [-0.05, 0) is 55.1 Å². The number of amides is 1. The van der Waals surface area contributed by atoms with Crippen LogP contribution in [0.5, 0.6) is 0 Å². The molecule has 1 aromatic rings. The van der Waals surface area contributed by atoms with Crippen LogP contribution >= 0.6 is 0 Å². The van der Waals surface area contributed by atoms with Gasteiger partial charge in [0.25, 0.3) is 0 Å². The molecule has 3 nitrogen and oxygen atoms in total. The Morgan fingerprint density at radius 3 is 2.76 bits per heavy atom. The molecule has 3 saturated carbocycles. The van der Waals surface area contributed by atoms with E-state index >= 15 is 0 Å². The number of hydrogen-bond donors (Lipinski definition) is 1. The molecule has 90 valence electrons. The van der Waals surface area contributed by atoms with Crippen LogP contribution in [0, 0.1) is 29.6 Å². The van der Waals surface area contributed by atoms with Crippen molar-refractivity contribution in [3.63, 3.8) is 0 Å². The molecule has 0 saturated heterocycles. The predicted octanol–water partition coefficient (Wildman–Crippen LogP) is 2.19. The summed E-state index contributed by atoms with van der Waals surface area (Å²) in [6.45, 7) is 0.539. The highest BCUT2D eigenvalue weighted by molar-refractivity contribution is 5.82. The molecule has 0 aromatic carbocycles. The van der Waals surface area contributed by atoms with Crippen LogP contribution < -0.4 is 5.32 Å². The molecule has 2 bridgehead atoms.